The van der Waals surface area contributed by atoms with Crippen molar-refractivity contribution in [1.82, 2.24) is 10.6 Å². The molecule has 2 heterocycles. The maximum Gasteiger partial charge on any atom is 0.323 e. The molecule has 2 aromatic rings. The van der Waals surface area contributed by atoms with Gasteiger partial charge in [-0.2, -0.15) is 0 Å². The molecule has 2 fully saturated rings. The molecule has 0 unspecified atom stereocenters. The molecule has 32 heavy (non-hydrogen) atoms. The zero-order valence-electron chi connectivity index (χ0n) is 19.3. The molecule has 0 bridgehead atoms. The van der Waals surface area contributed by atoms with Gasteiger partial charge in [-0.1, -0.05) is 60.7 Å². The van der Waals surface area contributed by atoms with Crippen LogP contribution in [0.3, 0.4) is 0 Å². The second-order valence-corrected chi connectivity index (χ2v) is 9.99. The molecule has 4 rings (SSSR count). The summed E-state index contributed by atoms with van der Waals surface area (Å²) in [5.74, 6) is -0.396. The fourth-order valence-electron chi connectivity index (χ4n) is 5.23. The Morgan fingerprint density at radius 3 is 1.94 bits per heavy atom. The van der Waals surface area contributed by atoms with Crippen LogP contribution < -0.4 is 10.6 Å². The van der Waals surface area contributed by atoms with Crippen LogP contribution in [-0.2, 0) is 19.9 Å². The normalized spacial score (nSPS) is 23.6. The molecule has 2 saturated heterocycles. The topological polar surface area (TPSA) is 67.4 Å². The molecular weight excluding hydrogens is 400 g/mol. The standard InChI is InChI=1S/C27H34N2O3/c1-26(2,3)32-25(31)23-18-22(24(30)19-14-16-28-17-15-19)27(29-23,20-10-6-4-7-11-20)21-12-8-5-9-13-21/h4-13,19,22-23,28-29H,14-18H2,1-3H3/t22-,23+/m0/s1. The van der Waals surface area contributed by atoms with E-state index in [9.17, 15) is 9.59 Å². The van der Waals surface area contributed by atoms with Crippen molar-refractivity contribution in [3.05, 3.63) is 71.8 Å². The van der Waals surface area contributed by atoms with Gasteiger partial charge in [-0.3, -0.25) is 14.9 Å². The fraction of sp³-hybridized carbons (Fsp3) is 0.481. The average molecular weight is 435 g/mol. The summed E-state index contributed by atoms with van der Waals surface area (Å²) < 4.78 is 5.74. The van der Waals surface area contributed by atoms with Gasteiger partial charge in [-0.25, -0.2) is 0 Å². The number of ketones is 1. The van der Waals surface area contributed by atoms with Crippen LogP contribution in [0.2, 0.25) is 0 Å². The molecule has 170 valence electrons. The van der Waals surface area contributed by atoms with Gasteiger partial charge in [0.1, 0.15) is 17.4 Å². The van der Waals surface area contributed by atoms with Crippen molar-refractivity contribution in [1.29, 1.82) is 0 Å². The minimum absolute atomic E-state index is 0.00670. The van der Waals surface area contributed by atoms with Crippen molar-refractivity contribution < 1.29 is 14.3 Å². The lowest BCUT2D eigenvalue weighted by Gasteiger charge is -2.38. The number of rotatable bonds is 5. The molecule has 2 N–H and O–H groups in total. The first-order valence-corrected chi connectivity index (χ1v) is 11.7. The van der Waals surface area contributed by atoms with Gasteiger partial charge in [0.2, 0.25) is 0 Å². The minimum Gasteiger partial charge on any atom is -0.459 e. The van der Waals surface area contributed by atoms with E-state index in [-0.39, 0.29) is 23.6 Å². The number of esters is 1. The summed E-state index contributed by atoms with van der Waals surface area (Å²) in [5, 5.41) is 6.97. The fourth-order valence-corrected chi connectivity index (χ4v) is 5.23. The first-order chi connectivity index (χ1) is 15.3. The third kappa shape index (κ3) is 4.50. The molecule has 5 nitrogen and oxygen atoms in total. The van der Waals surface area contributed by atoms with E-state index in [1.54, 1.807) is 0 Å². The molecule has 0 aliphatic carbocycles. The predicted octanol–water partition coefficient (Wildman–Crippen LogP) is 3.82. The highest BCUT2D eigenvalue weighted by molar-refractivity contribution is 5.88. The van der Waals surface area contributed by atoms with Gasteiger partial charge in [-0.05, 0) is 64.3 Å². The lowest BCUT2D eigenvalue weighted by molar-refractivity contribution is -0.157. The Balaban J connectivity index is 1.81. The third-order valence-corrected chi connectivity index (χ3v) is 6.63. The van der Waals surface area contributed by atoms with E-state index in [0.29, 0.717) is 6.42 Å². The second-order valence-electron chi connectivity index (χ2n) is 9.99. The van der Waals surface area contributed by atoms with Crippen LogP contribution in [0.1, 0.15) is 51.2 Å². The van der Waals surface area contributed by atoms with Gasteiger partial charge in [0.05, 0.1) is 5.54 Å². The zero-order chi connectivity index (χ0) is 22.8. The molecule has 5 heteroatoms. The first-order valence-electron chi connectivity index (χ1n) is 11.7. The number of benzene rings is 2. The summed E-state index contributed by atoms with van der Waals surface area (Å²) in [7, 11) is 0. The lowest BCUT2D eigenvalue weighted by atomic mass is 9.69. The molecule has 0 radical (unpaired) electrons. The summed E-state index contributed by atoms with van der Waals surface area (Å²) in [6.07, 6.45) is 2.11. The molecule has 0 spiro atoms. The van der Waals surface area contributed by atoms with Crippen LogP contribution in [-0.4, -0.2) is 36.5 Å². The average Bonchev–Trinajstić information content (AvgIpc) is 3.21. The Hall–Kier alpha value is -2.50. The van der Waals surface area contributed by atoms with E-state index < -0.39 is 17.2 Å². The van der Waals surface area contributed by atoms with E-state index in [1.165, 1.54) is 0 Å². The van der Waals surface area contributed by atoms with Crippen molar-refractivity contribution >= 4 is 11.8 Å². The maximum absolute atomic E-state index is 14.0. The SMILES string of the molecule is CC(C)(C)OC(=O)[C@H]1C[C@@H](C(=O)C2CCNCC2)C(c2ccccc2)(c2ccccc2)N1. The van der Waals surface area contributed by atoms with Crippen molar-refractivity contribution in [2.45, 2.75) is 57.2 Å². The summed E-state index contributed by atoms with van der Waals surface area (Å²) in [4.78, 5) is 27.1. The number of hydrogen-bond donors (Lipinski definition) is 2. The highest BCUT2D eigenvalue weighted by atomic mass is 16.6. The van der Waals surface area contributed by atoms with Crippen LogP contribution in [0.25, 0.3) is 0 Å². The summed E-state index contributed by atoms with van der Waals surface area (Å²) in [5.41, 5.74) is 0.651. The van der Waals surface area contributed by atoms with Crippen LogP contribution in [0, 0.1) is 11.8 Å². The number of Topliss-reactive ketones (excluding diaryl/α,β-unsaturated/α-hetero) is 1. The molecule has 0 amide bonds. The van der Waals surface area contributed by atoms with Crippen molar-refractivity contribution in [2.75, 3.05) is 13.1 Å². The number of carbonyl (C=O) groups excluding carboxylic acids is 2. The molecule has 2 atom stereocenters. The predicted molar refractivity (Wildman–Crippen MR) is 125 cm³/mol. The smallest absolute Gasteiger partial charge is 0.323 e. The number of ether oxygens (including phenoxy) is 1. The summed E-state index contributed by atoms with van der Waals surface area (Å²) >= 11 is 0. The Bertz CT molecular complexity index is 891. The van der Waals surface area contributed by atoms with Gasteiger partial charge in [0.15, 0.2) is 0 Å². The number of carbonyl (C=O) groups is 2. The minimum atomic E-state index is -0.772. The molecule has 0 aromatic heterocycles. The van der Waals surface area contributed by atoms with Crippen molar-refractivity contribution in [3.8, 4) is 0 Å². The summed E-state index contributed by atoms with van der Waals surface area (Å²) in [6.45, 7) is 7.34. The quantitative estimate of drug-likeness (QED) is 0.701. The maximum atomic E-state index is 14.0. The van der Waals surface area contributed by atoms with Gasteiger partial charge in [0, 0.05) is 11.8 Å². The zero-order valence-corrected chi connectivity index (χ0v) is 19.3. The Morgan fingerprint density at radius 2 is 1.44 bits per heavy atom. The second kappa shape index (κ2) is 9.16. The third-order valence-electron chi connectivity index (χ3n) is 6.63. The van der Waals surface area contributed by atoms with Gasteiger partial charge in [0.25, 0.3) is 0 Å². The van der Waals surface area contributed by atoms with E-state index in [1.807, 2.05) is 57.2 Å². The van der Waals surface area contributed by atoms with Crippen LogP contribution in [0.5, 0.6) is 0 Å². The molecule has 2 aliphatic rings. The number of piperidine rings is 1. The van der Waals surface area contributed by atoms with E-state index in [0.717, 1.165) is 37.1 Å². The Labute approximate surface area is 190 Å². The van der Waals surface area contributed by atoms with Gasteiger partial charge in [-0.15, -0.1) is 0 Å². The Morgan fingerprint density at radius 1 is 0.906 bits per heavy atom. The van der Waals surface area contributed by atoms with E-state index >= 15 is 0 Å². The lowest BCUT2D eigenvalue weighted by Crippen LogP contribution is -2.50. The highest BCUT2D eigenvalue weighted by Gasteiger charge is 2.55. The molecule has 2 aromatic carbocycles. The largest absolute Gasteiger partial charge is 0.459 e. The van der Waals surface area contributed by atoms with E-state index in [2.05, 4.69) is 34.9 Å². The first kappa shape index (κ1) is 22.7. The Kier molecular flexibility index (Phi) is 6.50. The van der Waals surface area contributed by atoms with Crippen molar-refractivity contribution in [2.24, 2.45) is 11.8 Å². The van der Waals surface area contributed by atoms with Crippen LogP contribution in [0.4, 0.5) is 0 Å². The molecule has 2 aliphatic heterocycles. The van der Waals surface area contributed by atoms with Gasteiger partial charge < -0.3 is 10.1 Å². The molecule has 0 saturated carbocycles. The van der Waals surface area contributed by atoms with Crippen LogP contribution in [0.15, 0.2) is 60.7 Å². The number of nitrogens with one attached hydrogen (secondary N) is 2. The molecular formula is C27H34N2O3. The summed E-state index contributed by atoms with van der Waals surface area (Å²) in [6, 6.07) is 19.6. The van der Waals surface area contributed by atoms with Gasteiger partial charge >= 0.3 is 5.97 Å². The van der Waals surface area contributed by atoms with Crippen LogP contribution >= 0.6 is 0 Å². The monoisotopic (exact) mass is 434 g/mol. The number of hydrogen-bond acceptors (Lipinski definition) is 5. The highest BCUT2D eigenvalue weighted by Crippen LogP contribution is 2.46. The van der Waals surface area contributed by atoms with Crippen molar-refractivity contribution in [3.63, 3.8) is 0 Å². The van der Waals surface area contributed by atoms with E-state index in [4.69, 9.17) is 4.74 Å².